The van der Waals surface area contributed by atoms with Crippen molar-refractivity contribution in [1.29, 1.82) is 0 Å². The largest absolute Gasteiger partial charge is 0.507 e. The van der Waals surface area contributed by atoms with E-state index in [1.807, 2.05) is 6.92 Å². The van der Waals surface area contributed by atoms with E-state index in [-0.39, 0.29) is 28.8 Å². The number of aromatic nitrogens is 5. The molecule has 4 N–H and O–H groups in total. The van der Waals surface area contributed by atoms with Crippen LogP contribution in [0.5, 0.6) is 11.5 Å². The lowest BCUT2D eigenvalue weighted by Crippen LogP contribution is -2.19. The highest BCUT2D eigenvalue weighted by atomic mass is 35.5. The SMILES string of the molecule is CCOc1cccc(-c2c(C(=O)N/N=C\c3cc(Cl)ccc3O)nnn2-c2nonc2N)c1. The Labute approximate surface area is 191 Å². The minimum Gasteiger partial charge on any atom is -0.507 e. The smallest absolute Gasteiger partial charge is 0.294 e. The molecule has 4 rings (SSSR count). The summed E-state index contributed by atoms with van der Waals surface area (Å²) in [5.74, 6) is -0.124. The van der Waals surface area contributed by atoms with Crippen LogP contribution in [-0.2, 0) is 0 Å². The van der Waals surface area contributed by atoms with Crippen LogP contribution in [0.25, 0.3) is 17.1 Å². The third-order valence-electron chi connectivity index (χ3n) is 4.36. The van der Waals surface area contributed by atoms with Gasteiger partial charge in [0.1, 0.15) is 17.2 Å². The molecule has 168 valence electrons. The fourth-order valence-corrected chi connectivity index (χ4v) is 3.10. The number of nitrogens with two attached hydrogens (primary N) is 1. The van der Waals surface area contributed by atoms with Crippen molar-refractivity contribution < 1.29 is 19.3 Å². The monoisotopic (exact) mass is 468 g/mol. The number of halogens is 1. The second-order valence-corrected chi connectivity index (χ2v) is 6.97. The number of phenols is 1. The van der Waals surface area contributed by atoms with Crippen LogP contribution >= 0.6 is 11.6 Å². The number of benzene rings is 2. The van der Waals surface area contributed by atoms with Crippen molar-refractivity contribution >= 4 is 29.5 Å². The second kappa shape index (κ2) is 9.36. The third-order valence-corrected chi connectivity index (χ3v) is 4.59. The van der Waals surface area contributed by atoms with Gasteiger partial charge >= 0.3 is 0 Å². The van der Waals surface area contributed by atoms with E-state index in [1.54, 1.807) is 24.3 Å². The zero-order chi connectivity index (χ0) is 23.4. The molecule has 0 aliphatic rings. The minimum absolute atomic E-state index is 0.0384. The Morgan fingerprint density at radius 1 is 1.33 bits per heavy atom. The number of hydrazone groups is 1. The van der Waals surface area contributed by atoms with Crippen LogP contribution in [0.2, 0.25) is 5.02 Å². The summed E-state index contributed by atoms with van der Waals surface area (Å²) in [4.78, 5) is 12.9. The summed E-state index contributed by atoms with van der Waals surface area (Å²) >= 11 is 5.92. The van der Waals surface area contributed by atoms with Crippen molar-refractivity contribution in [2.24, 2.45) is 5.10 Å². The molecule has 2 aromatic carbocycles. The highest BCUT2D eigenvalue weighted by Gasteiger charge is 2.25. The van der Waals surface area contributed by atoms with Crippen LogP contribution < -0.4 is 15.9 Å². The number of amides is 1. The highest BCUT2D eigenvalue weighted by Crippen LogP contribution is 2.29. The second-order valence-electron chi connectivity index (χ2n) is 6.53. The van der Waals surface area contributed by atoms with Gasteiger partial charge in [-0.15, -0.1) is 5.10 Å². The van der Waals surface area contributed by atoms with Gasteiger partial charge in [0, 0.05) is 16.1 Å². The van der Waals surface area contributed by atoms with Gasteiger partial charge in [-0.2, -0.15) is 9.78 Å². The average molecular weight is 469 g/mol. The van der Waals surface area contributed by atoms with Crippen LogP contribution in [0.1, 0.15) is 23.0 Å². The normalized spacial score (nSPS) is 11.1. The molecule has 0 bridgehead atoms. The average Bonchev–Trinajstić information content (AvgIpc) is 3.42. The Kier molecular flexibility index (Phi) is 6.17. The molecule has 2 aromatic heterocycles. The van der Waals surface area contributed by atoms with E-state index in [1.165, 1.54) is 29.1 Å². The quantitative estimate of drug-likeness (QED) is 0.272. The van der Waals surface area contributed by atoms with Gasteiger partial charge in [0.15, 0.2) is 5.69 Å². The number of hydrogen-bond acceptors (Lipinski definition) is 10. The number of nitrogens with one attached hydrogen (secondary N) is 1. The van der Waals surface area contributed by atoms with Gasteiger partial charge < -0.3 is 15.6 Å². The number of anilines is 1. The van der Waals surface area contributed by atoms with Crippen molar-refractivity contribution in [3.05, 3.63) is 58.7 Å². The van der Waals surface area contributed by atoms with Gasteiger partial charge in [-0.05, 0) is 47.6 Å². The standard InChI is InChI=1S/C20H17ClN8O4/c1-2-32-14-5-3-4-11(9-14)17-16(24-28-29(17)19-18(22)26-33-27-19)20(31)25-23-10-12-8-13(21)6-7-15(12)30/h3-10,30H,2H2,1H3,(H2,22,26)(H,25,31)/b23-10-. The Hall–Kier alpha value is -4.45. The summed E-state index contributed by atoms with van der Waals surface area (Å²) in [6.45, 7) is 2.31. The first-order valence-corrected chi connectivity index (χ1v) is 9.95. The zero-order valence-electron chi connectivity index (χ0n) is 17.1. The van der Waals surface area contributed by atoms with E-state index in [0.29, 0.717) is 28.5 Å². The molecule has 2 heterocycles. The van der Waals surface area contributed by atoms with E-state index >= 15 is 0 Å². The predicted octanol–water partition coefficient (Wildman–Crippen LogP) is 2.42. The fourth-order valence-electron chi connectivity index (χ4n) is 2.92. The van der Waals surface area contributed by atoms with E-state index in [9.17, 15) is 9.90 Å². The molecule has 0 spiro atoms. The number of phenolic OH excluding ortho intramolecular Hbond substituents is 1. The number of carbonyl (C=O) groups is 1. The summed E-state index contributed by atoms with van der Waals surface area (Å²) in [7, 11) is 0. The molecule has 0 radical (unpaired) electrons. The molecule has 1 amide bonds. The molecular weight excluding hydrogens is 452 g/mol. The summed E-state index contributed by atoms with van der Waals surface area (Å²) in [5, 5.41) is 29.4. The lowest BCUT2D eigenvalue weighted by atomic mass is 10.1. The Morgan fingerprint density at radius 3 is 2.94 bits per heavy atom. The molecule has 0 saturated heterocycles. The molecule has 4 aromatic rings. The summed E-state index contributed by atoms with van der Waals surface area (Å²) in [5.41, 5.74) is 9.23. The maximum absolute atomic E-state index is 12.9. The predicted molar refractivity (Wildman–Crippen MR) is 118 cm³/mol. The maximum Gasteiger partial charge on any atom is 0.294 e. The zero-order valence-corrected chi connectivity index (χ0v) is 17.9. The summed E-state index contributed by atoms with van der Waals surface area (Å²) in [6, 6.07) is 11.4. The lowest BCUT2D eigenvalue weighted by Gasteiger charge is -2.08. The Balaban J connectivity index is 1.71. The molecule has 0 atom stereocenters. The molecule has 0 unspecified atom stereocenters. The molecule has 0 saturated carbocycles. The van der Waals surface area contributed by atoms with E-state index in [4.69, 9.17) is 22.1 Å². The summed E-state index contributed by atoms with van der Waals surface area (Å²) in [6.07, 6.45) is 1.25. The highest BCUT2D eigenvalue weighted by molar-refractivity contribution is 6.30. The van der Waals surface area contributed by atoms with Crippen LogP contribution in [0.15, 0.2) is 52.2 Å². The number of aromatic hydroxyl groups is 1. The van der Waals surface area contributed by atoms with Crippen LogP contribution in [0, 0.1) is 0 Å². The first-order valence-electron chi connectivity index (χ1n) is 9.57. The van der Waals surface area contributed by atoms with Crippen LogP contribution in [0.4, 0.5) is 5.82 Å². The minimum atomic E-state index is -0.675. The number of ether oxygens (including phenoxy) is 1. The first kappa shape index (κ1) is 21.8. The summed E-state index contributed by atoms with van der Waals surface area (Å²) < 4.78 is 11.4. The Bertz CT molecular complexity index is 1330. The fraction of sp³-hybridized carbons (Fsp3) is 0.100. The first-order chi connectivity index (χ1) is 16.0. The van der Waals surface area contributed by atoms with E-state index < -0.39 is 5.91 Å². The molecule has 0 aliphatic heterocycles. The van der Waals surface area contributed by atoms with Crippen molar-refractivity contribution in [1.82, 2.24) is 30.7 Å². The molecule has 12 nitrogen and oxygen atoms in total. The van der Waals surface area contributed by atoms with Crippen LogP contribution in [-0.4, -0.2) is 49.1 Å². The molecule has 0 aliphatic carbocycles. The number of hydrogen-bond donors (Lipinski definition) is 3. The Morgan fingerprint density at radius 2 is 2.18 bits per heavy atom. The number of rotatable bonds is 7. The number of nitrogens with zero attached hydrogens (tertiary/aromatic N) is 6. The molecular formula is C20H17ClN8O4. The van der Waals surface area contributed by atoms with E-state index in [2.05, 4.69) is 35.8 Å². The lowest BCUT2D eigenvalue weighted by molar-refractivity contribution is 0.0950. The van der Waals surface area contributed by atoms with Crippen molar-refractivity contribution in [2.45, 2.75) is 6.92 Å². The van der Waals surface area contributed by atoms with Gasteiger partial charge in [-0.3, -0.25) is 4.79 Å². The third kappa shape index (κ3) is 4.60. The molecule has 0 fully saturated rings. The van der Waals surface area contributed by atoms with Gasteiger partial charge in [0.05, 0.1) is 12.8 Å². The maximum atomic E-state index is 12.9. The molecule has 13 heteroatoms. The topological polar surface area (TPSA) is 167 Å². The van der Waals surface area contributed by atoms with Crippen molar-refractivity contribution in [3.8, 4) is 28.6 Å². The molecule has 33 heavy (non-hydrogen) atoms. The van der Waals surface area contributed by atoms with Crippen molar-refractivity contribution in [3.63, 3.8) is 0 Å². The number of carbonyl (C=O) groups excluding carboxylic acids is 1. The van der Waals surface area contributed by atoms with Crippen LogP contribution in [0.3, 0.4) is 0 Å². The number of nitrogen functional groups attached to an aromatic ring is 1. The van der Waals surface area contributed by atoms with Crippen molar-refractivity contribution in [2.75, 3.05) is 12.3 Å². The van der Waals surface area contributed by atoms with Gasteiger partial charge in [0.2, 0.25) is 11.6 Å². The van der Waals surface area contributed by atoms with Gasteiger partial charge in [-0.1, -0.05) is 28.9 Å². The van der Waals surface area contributed by atoms with E-state index in [0.717, 1.165) is 0 Å². The van der Waals surface area contributed by atoms with Gasteiger partial charge in [0.25, 0.3) is 5.91 Å². The van der Waals surface area contributed by atoms with Gasteiger partial charge in [-0.25, -0.2) is 10.1 Å².